The standard InChI is InChI=1S/C10H22N2OS/c1-8-6-12(9(2)5-11-8)7-10(3)14(4)13/h8-11H,5-7H2,1-4H3. The molecule has 1 aliphatic heterocycles. The van der Waals surface area contributed by atoms with Gasteiger partial charge in [0, 0.05) is 54.0 Å². The molecule has 0 bridgehead atoms. The molecule has 1 rings (SSSR count). The normalized spacial score (nSPS) is 34.0. The van der Waals surface area contributed by atoms with Gasteiger partial charge in [0.05, 0.1) is 0 Å². The zero-order valence-corrected chi connectivity index (χ0v) is 10.4. The molecule has 0 aromatic carbocycles. The van der Waals surface area contributed by atoms with E-state index in [0.29, 0.717) is 12.1 Å². The number of nitrogens with zero attached hydrogens (tertiary/aromatic N) is 1. The summed E-state index contributed by atoms with van der Waals surface area (Å²) in [5.41, 5.74) is 0. The van der Waals surface area contributed by atoms with Gasteiger partial charge in [-0.15, -0.1) is 0 Å². The van der Waals surface area contributed by atoms with Crippen molar-refractivity contribution in [3.8, 4) is 0 Å². The summed E-state index contributed by atoms with van der Waals surface area (Å²) in [6.45, 7) is 9.56. The Kier molecular flexibility index (Phi) is 4.54. The van der Waals surface area contributed by atoms with Crippen molar-refractivity contribution in [3.63, 3.8) is 0 Å². The molecule has 3 nitrogen and oxygen atoms in total. The SMILES string of the molecule is CC1CN(CC(C)S(C)=O)C(C)CN1. The molecule has 0 saturated carbocycles. The second-order valence-corrected chi connectivity index (χ2v) is 6.22. The molecule has 0 spiro atoms. The summed E-state index contributed by atoms with van der Waals surface area (Å²) < 4.78 is 11.3. The molecule has 0 aromatic heterocycles. The number of hydrogen-bond acceptors (Lipinski definition) is 3. The van der Waals surface area contributed by atoms with E-state index in [0.717, 1.165) is 19.6 Å². The van der Waals surface area contributed by atoms with Crippen LogP contribution in [0.1, 0.15) is 20.8 Å². The number of hydrogen-bond donors (Lipinski definition) is 1. The van der Waals surface area contributed by atoms with Crippen molar-refractivity contribution in [2.45, 2.75) is 38.1 Å². The third kappa shape index (κ3) is 3.33. The highest BCUT2D eigenvalue weighted by molar-refractivity contribution is 7.84. The number of piperazine rings is 1. The molecule has 14 heavy (non-hydrogen) atoms. The van der Waals surface area contributed by atoms with Crippen LogP contribution >= 0.6 is 0 Å². The van der Waals surface area contributed by atoms with Crippen LogP contribution in [0.25, 0.3) is 0 Å². The van der Waals surface area contributed by atoms with E-state index in [4.69, 9.17) is 0 Å². The molecule has 4 atom stereocenters. The summed E-state index contributed by atoms with van der Waals surface area (Å²) in [7, 11) is -0.700. The van der Waals surface area contributed by atoms with Gasteiger partial charge in [-0.1, -0.05) is 0 Å². The molecular weight excluding hydrogens is 196 g/mol. The van der Waals surface area contributed by atoms with Gasteiger partial charge in [-0.25, -0.2) is 0 Å². The third-order valence-corrected chi connectivity index (χ3v) is 4.23. The van der Waals surface area contributed by atoms with E-state index in [1.165, 1.54) is 0 Å². The van der Waals surface area contributed by atoms with Crippen molar-refractivity contribution in [2.75, 3.05) is 25.9 Å². The van der Waals surface area contributed by atoms with Crippen LogP contribution < -0.4 is 5.32 Å². The lowest BCUT2D eigenvalue weighted by Gasteiger charge is -2.38. The minimum atomic E-state index is -0.700. The Balaban J connectivity index is 2.45. The maximum Gasteiger partial charge on any atom is 0.0444 e. The average molecular weight is 218 g/mol. The Labute approximate surface area is 89.7 Å². The van der Waals surface area contributed by atoms with Gasteiger partial charge in [0.15, 0.2) is 0 Å². The highest BCUT2D eigenvalue weighted by Gasteiger charge is 2.24. The lowest BCUT2D eigenvalue weighted by molar-refractivity contribution is 0.148. The molecule has 1 heterocycles. The largest absolute Gasteiger partial charge is 0.311 e. The highest BCUT2D eigenvalue weighted by atomic mass is 32.2. The van der Waals surface area contributed by atoms with E-state index >= 15 is 0 Å². The quantitative estimate of drug-likeness (QED) is 0.746. The molecule has 84 valence electrons. The first kappa shape index (κ1) is 12.1. The van der Waals surface area contributed by atoms with Crippen molar-refractivity contribution in [1.29, 1.82) is 0 Å². The second kappa shape index (κ2) is 5.24. The Bertz CT molecular complexity index is 210. The molecule has 1 saturated heterocycles. The summed E-state index contributed by atoms with van der Waals surface area (Å²) in [5.74, 6) is 0. The maximum atomic E-state index is 11.3. The van der Waals surface area contributed by atoms with Gasteiger partial charge < -0.3 is 5.32 Å². The number of nitrogens with one attached hydrogen (secondary N) is 1. The van der Waals surface area contributed by atoms with Gasteiger partial charge in [0.1, 0.15) is 0 Å². The lowest BCUT2D eigenvalue weighted by atomic mass is 10.1. The maximum absolute atomic E-state index is 11.3. The Morgan fingerprint density at radius 3 is 2.79 bits per heavy atom. The van der Waals surface area contributed by atoms with E-state index < -0.39 is 10.8 Å². The second-order valence-electron chi connectivity index (χ2n) is 4.42. The molecule has 4 unspecified atom stereocenters. The van der Waals surface area contributed by atoms with Gasteiger partial charge in [-0.3, -0.25) is 9.11 Å². The third-order valence-electron chi connectivity index (χ3n) is 2.95. The van der Waals surface area contributed by atoms with Crippen LogP contribution in [-0.4, -0.2) is 52.3 Å². The smallest absolute Gasteiger partial charge is 0.0444 e. The van der Waals surface area contributed by atoms with Crippen LogP contribution in [0.3, 0.4) is 0 Å². The van der Waals surface area contributed by atoms with Crippen LogP contribution in [0.15, 0.2) is 0 Å². The van der Waals surface area contributed by atoms with Gasteiger partial charge in [0.2, 0.25) is 0 Å². The first-order valence-corrected chi connectivity index (χ1v) is 6.92. The van der Waals surface area contributed by atoms with E-state index in [-0.39, 0.29) is 5.25 Å². The van der Waals surface area contributed by atoms with Crippen LogP contribution in [0, 0.1) is 0 Å². The van der Waals surface area contributed by atoms with Crippen molar-refractivity contribution >= 4 is 10.8 Å². The summed E-state index contributed by atoms with van der Waals surface area (Å²) in [4.78, 5) is 2.44. The summed E-state index contributed by atoms with van der Waals surface area (Å²) in [6.07, 6.45) is 1.79. The van der Waals surface area contributed by atoms with Gasteiger partial charge in [-0.05, 0) is 20.8 Å². The molecular formula is C10H22N2OS. The number of rotatable bonds is 3. The molecule has 0 aliphatic carbocycles. The minimum Gasteiger partial charge on any atom is -0.311 e. The fourth-order valence-corrected chi connectivity index (χ4v) is 2.19. The first-order chi connectivity index (χ1) is 6.50. The molecule has 0 amide bonds. The molecule has 0 radical (unpaired) electrons. The summed E-state index contributed by atoms with van der Waals surface area (Å²) in [6, 6.07) is 1.13. The van der Waals surface area contributed by atoms with E-state index in [1.807, 2.05) is 0 Å². The fourth-order valence-electron chi connectivity index (χ4n) is 1.79. The van der Waals surface area contributed by atoms with Crippen LogP contribution in [-0.2, 0) is 10.8 Å². The minimum absolute atomic E-state index is 0.280. The van der Waals surface area contributed by atoms with Crippen molar-refractivity contribution in [2.24, 2.45) is 0 Å². The predicted octanol–water partition coefficient (Wildman–Crippen LogP) is 0.436. The average Bonchev–Trinajstić information content (AvgIpc) is 2.11. The van der Waals surface area contributed by atoms with Crippen molar-refractivity contribution < 1.29 is 4.21 Å². The zero-order chi connectivity index (χ0) is 10.7. The van der Waals surface area contributed by atoms with E-state index in [1.54, 1.807) is 6.26 Å². The first-order valence-electron chi connectivity index (χ1n) is 5.30. The van der Waals surface area contributed by atoms with Crippen LogP contribution in [0.4, 0.5) is 0 Å². The zero-order valence-electron chi connectivity index (χ0n) is 9.62. The topological polar surface area (TPSA) is 32.3 Å². The van der Waals surface area contributed by atoms with Crippen molar-refractivity contribution in [1.82, 2.24) is 10.2 Å². The lowest BCUT2D eigenvalue weighted by Crippen LogP contribution is -2.55. The predicted molar refractivity (Wildman–Crippen MR) is 62.0 cm³/mol. The summed E-state index contributed by atoms with van der Waals surface area (Å²) in [5, 5.41) is 3.73. The Morgan fingerprint density at radius 1 is 1.57 bits per heavy atom. The summed E-state index contributed by atoms with van der Waals surface area (Å²) >= 11 is 0. The monoisotopic (exact) mass is 218 g/mol. The van der Waals surface area contributed by atoms with E-state index in [9.17, 15) is 4.21 Å². The Morgan fingerprint density at radius 2 is 2.21 bits per heavy atom. The molecule has 1 aliphatic rings. The van der Waals surface area contributed by atoms with Gasteiger partial charge in [-0.2, -0.15) is 0 Å². The van der Waals surface area contributed by atoms with Crippen molar-refractivity contribution in [3.05, 3.63) is 0 Å². The molecule has 1 fully saturated rings. The Hall–Kier alpha value is 0.0700. The van der Waals surface area contributed by atoms with E-state index in [2.05, 4.69) is 31.0 Å². The van der Waals surface area contributed by atoms with Gasteiger partial charge in [0.25, 0.3) is 0 Å². The fraction of sp³-hybridized carbons (Fsp3) is 1.00. The highest BCUT2D eigenvalue weighted by Crippen LogP contribution is 2.08. The molecule has 0 aromatic rings. The van der Waals surface area contributed by atoms with Gasteiger partial charge >= 0.3 is 0 Å². The molecule has 1 N–H and O–H groups in total. The van der Waals surface area contributed by atoms with Crippen LogP contribution in [0.2, 0.25) is 0 Å². The van der Waals surface area contributed by atoms with Crippen LogP contribution in [0.5, 0.6) is 0 Å². The molecule has 4 heteroatoms.